The highest BCUT2D eigenvalue weighted by molar-refractivity contribution is 5.68. The third-order valence-corrected chi connectivity index (χ3v) is 2.72. The van der Waals surface area contributed by atoms with Crippen molar-refractivity contribution in [2.24, 2.45) is 0 Å². The van der Waals surface area contributed by atoms with E-state index in [0.29, 0.717) is 16.9 Å². The van der Waals surface area contributed by atoms with E-state index in [0.717, 1.165) is 5.69 Å². The van der Waals surface area contributed by atoms with Crippen LogP contribution in [0.4, 0.5) is 22.7 Å². The zero-order valence-corrected chi connectivity index (χ0v) is 10.8. The fraction of sp³-hybridized carbons (Fsp3) is 0.0714. The van der Waals surface area contributed by atoms with Gasteiger partial charge in [0.2, 0.25) is 0 Å². The summed E-state index contributed by atoms with van der Waals surface area (Å²) in [6.07, 6.45) is 0. The van der Waals surface area contributed by atoms with Crippen molar-refractivity contribution in [3.8, 4) is 6.07 Å². The van der Waals surface area contributed by atoms with Gasteiger partial charge >= 0.3 is 0 Å². The molecule has 0 bridgehead atoms. The number of non-ortho nitro benzene ring substituents is 1. The molecule has 100 valence electrons. The first-order chi connectivity index (χ1) is 9.62. The van der Waals surface area contributed by atoms with Gasteiger partial charge in [-0.2, -0.15) is 5.26 Å². The van der Waals surface area contributed by atoms with E-state index < -0.39 is 4.92 Å². The Morgan fingerprint density at radius 2 is 1.75 bits per heavy atom. The van der Waals surface area contributed by atoms with Crippen molar-refractivity contribution in [2.75, 3.05) is 17.7 Å². The lowest BCUT2D eigenvalue weighted by molar-refractivity contribution is -0.384. The molecule has 20 heavy (non-hydrogen) atoms. The number of nitriles is 1. The van der Waals surface area contributed by atoms with Gasteiger partial charge in [0, 0.05) is 36.2 Å². The Morgan fingerprint density at radius 3 is 2.30 bits per heavy atom. The van der Waals surface area contributed by atoms with E-state index in [1.807, 2.05) is 6.07 Å². The molecule has 6 nitrogen and oxygen atoms in total. The van der Waals surface area contributed by atoms with Crippen LogP contribution in [-0.4, -0.2) is 12.0 Å². The monoisotopic (exact) mass is 268 g/mol. The molecule has 0 aliphatic rings. The molecule has 2 aromatic carbocycles. The lowest BCUT2D eigenvalue weighted by atomic mass is 10.2. The number of hydrogen-bond acceptors (Lipinski definition) is 5. The Balaban J connectivity index is 2.30. The summed E-state index contributed by atoms with van der Waals surface area (Å²) >= 11 is 0. The Hall–Kier alpha value is -3.07. The van der Waals surface area contributed by atoms with E-state index in [2.05, 4.69) is 10.6 Å². The molecule has 2 N–H and O–H groups in total. The van der Waals surface area contributed by atoms with E-state index in [-0.39, 0.29) is 5.69 Å². The first-order valence-corrected chi connectivity index (χ1v) is 5.87. The predicted octanol–water partition coefficient (Wildman–Crippen LogP) is 3.25. The van der Waals surface area contributed by atoms with Gasteiger partial charge < -0.3 is 10.6 Å². The molecule has 0 spiro atoms. The number of hydrogen-bond donors (Lipinski definition) is 2. The molecule has 0 heterocycles. The number of nitrogens with one attached hydrogen (secondary N) is 2. The van der Waals surface area contributed by atoms with Crippen LogP contribution in [0.25, 0.3) is 0 Å². The van der Waals surface area contributed by atoms with Crippen LogP contribution >= 0.6 is 0 Å². The smallest absolute Gasteiger partial charge is 0.273 e. The van der Waals surface area contributed by atoms with Gasteiger partial charge in [0.1, 0.15) is 0 Å². The number of nitrogens with zero attached hydrogens (tertiary/aromatic N) is 2. The maximum atomic E-state index is 10.9. The molecule has 0 amide bonds. The zero-order chi connectivity index (χ0) is 14.5. The van der Waals surface area contributed by atoms with Crippen molar-refractivity contribution in [3.63, 3.8) is 0 Å². The van der Waals surface area contributed by atoms with E-state index in [9.17, 15) is 10.1 Å². The fourth-order valence-corrected chi connectivity index (χ4v) is 1.73. The van der Waals surface area contributed by atoms with Gasteiger partial charge in [-0.05, 0) is 30.3 Å². The number of rotatable bonds is 4. The van der Waals surface area contributed by atoms with Crippen LogP contribution < -0.4 is 10.6 Å². The summed E-state index contributed by atoms with van der Waals surface area (Å²) in [4.78, 5) is 10.4. The quantitative estimate of drug-likeness (QED) is 0.656. The van der Waals surface area contributed by atoms with Crippen LogP contribution in [0.1, 0.15) is 5.56 Å². The van der Waals surface area contributed by atoms with Gasteiger partial charge in [0.25, 0.3) is 5.69 Å². The summed E-state index contributed by atoms with van der Waals surface area (Å²) in [5.74, 6) is 0. The molecule has 0 aliphatic heterocycles. The molecule has 0 saturated heterocycles. The van der Waals surface area contributed by atoms with E-state index >= 15 is 0 Å². The standard InChI is InChI=1S/C14H12N4O2/c1-16-12-6-13(8-14(7-12)18(19)20)17-11-4-2-10(9-15)3-5-11/h2-8,16-17H,1H3. The van der Waals surface area contributed by atoms with Crippen molar-refractivity contribution >= 4 is 22.7 Å². The molecular formula is C14H12N4O2. The summed E-state index contributed by atoms with van der Waals surface area (Å²) in [6, 6.07) is 13.6. The topological polar surface area (TPSA) is 91.0 Å². The van der Waals surface area contributed by atoms with Crippen LogP contribution in [0.3, 0.4) is 0 Å². The van der Waals surface area contributed by atoms with Gasteiger partial charge in [-0.1, -0.05) is 0 Å². The van der Waals surface area contributed by atoms with Gasteiger partial charge in [0.15, 0.2) is 0 Å². The molecule has 2 rings (SSSR count). The number of anilines is 3. The van der Waals surface area contributed by atoms with Gasteiger partial charge in [-0.25, -0.2) is 0 Å². The van der Waals surface area contributed by atoms with E-state index in [4.69, 9.17) is 5.26 Å². The SMILES string of the molecule is CNc1cc(Nc2ccc(C#N)cc2)cc([N+](=O)[O-])c1. The molecule has 0 saturated carbocycles. The largest absolute Gasteiger partial charge is 0.388 e. The minimum atomic E-state index is -0.440. The maximum Gasteiger partial charge on any atom is 0.273 e. The highest BCUT2D eigenvalue weighted by atomic mass is 16.6. The summed E-state index contributed by atoms with van der Waals surface area (Å²) < 4.78 is 0. The highest BCUT2D eigenvalue weighted by Gasteiger charge is 2.09. The second kappa shape index (κ2) is 5.71. The third kappa shape index (κ3) is 3.03. The van der Waals surface area contributed by atoms with Gasteiger partial charge in [0.05, 0.1) is 16.6 Å². The van der Waals surface area contributed by atoms with Crippen molar-refractivity contribution in [2.45, 2.75) is 0 Å². The molecule has 2 aromatic rings. The Bertz CT molecular complexity index is 675. The van der Waals surface area contributed by atoms with Crippen molar-refractivity contribution in [1.29, 1.82) is 5.26 Å². The van der Waals surface area contributed by atoms with Crippen LogP contribution in [0, 0.1) is 21.4 Å². The highest BCUT2D eigenvalue weighted by Crippen LogP contribution is 2.26. The Labute approximate surface area is 115 Å². The predicted molar refractivity (Wildman–Crippen MR) is 77.1 cm³/mol. The Kier molecular flexibility index (Phi) is 3.82. The molecule has 0 aliphatic carbocycles. The van der Waals surface area contributed by atoms with E-state index in [1.54, 1.807) is 37.4 Å². The molecule has 0 radical (unpaired) electrons. The van der Waals surface area contributed by atoms with Crippen LogP contribution in [0.15, 0.2) is 42.5 Å². The minimum Gasteiger partial charge on any atom is -0.388 e. The average molecular weight is 268 g/mol. The number of nitro groups is 1. The average Bonchev–Trinajstić information content (AvgIpc) is 2.47. The van der Waals surface area contributed by atoms with Gasteiger partial charge in [-0.3, -0.25) is 10.1 Å². The summed E-state index contributed by atoms with van der Waals surface area (Å²) in [7, 11) is 1.70. The normalized spacial score (nSPS) is 9.60. The lowest BCUT2D eigenvalue weighted by Crippen LogP contribution is -1.96. The first-order valence-electron chi connectivity index (χ1n) is 5.87. The summed E-state index contributed by atoms with van der Waals surface area (Å²) in [5.41, 5.74) is 2.58. The minimum absolute atomic E-state index is 0.00740. The second-order valence-corrected chi connectivity index (χ2v) is 4.09. The lowest BCUT2D eigenvalue weighted by Gasteiger charge is -2.08. The molecule has 6 heteroatoms. The second-order valence-electron chi connectivity index (χ2n) is 4.09. The van der Waals surface area contributed by atoms with E-state index in [1.165, 1.54) is 12.1 Å². The van der Waals surface area contributed by atoms with Crippen LogP contribution in [0.5, 0.6) is 0 Å². The van der Waals surface area contributed by atoms with Crippen molar-refractivity contribution < 1.29 is 4.92 Å². The molecular weight excluding hydrogens is 256 g/mol. The van der Waals surface area contributed by atoms with Gasteiger partial charge in [-0.15, -0.1) is 0 Å². The Morgan fingerprint density at radius 1 is 1.10 bits per heavy atom. The van der Waals surface area contributed by atoms with Crippen molar-refractivity contribution in [1.82, 2.24) is 0 Å². The van der Waals surface area contributed by atoms with Crippen molar-refractivity contribution in [3.05, 3.63) is 58.1 Å². The van der Waals surface area contributed by atoms with Crippen LogP contribution in [-0.2, 0) is 0 Å². The molecule has 0 atom stereocenters. The molecule has 0 unspecified atom stereocenters. The number of benzene rings is 2. The third-order valence-electron chi connectivity index (χ3n) is 2.72. The summed E-state index contributed by atoms with van der Waals surface area (Å²) in [5, 5.41) is 25.6. The maximum absolute atomic E-state index is 10.9. The molecule has 0 aromatic heterocycles. The summed E-state index contributed by atoms with van der Waals surface area (Å²) in [6.45, 7) is 0. The first kappa shape index (κ1) is 13.4. The molecule has 0 fully saturated rings. The van der Waals surface area contributed by atoms with Crippen LogP contribution in [0.2, 0.25) is 0 Å². The fourth-order valence-electron chi connectivity index (χ4n) is 1.73. The number of nitro benzene ring substituents is 1. The zero-order valence-electron chi connectivity index (χ0n) is 10.8.